The van der Waals surface area contributed by atoms with E-state index in [-0.39, 0.29) is 18.5 Å². The number of hydrogen-bond acceptors (Lipinski definition) is 2. The summed E-state index contributed by atoms with van der Waals surface area (Å²) in [7, 11) is 0. The molecule has 0 aliphatic heterocycles. The number of carbonyl (C=O) groups is 1. The second kappa shape index (κ2) is 6.96. The molecule has 0 aliphatic carbocycles. The van der Waals surface area contributed by atoms with E-state index >= 15 is 0 Å². The zero-order chi connectivity index (χ0) is 14.4. The summed E-state index contributed by atoms with van der Waals surface area (Å²) in [5.41, 5.74) is 1.84. The van der Waals surface area contributed by atoms with Gasteiger partial charge < -0.3 is 10.6 Å². The van der Waals surface area contributed by atoms with Crippen molar-refractivity contribution in [2.75, 3.05) is 11.9 Å². The second-order valence-electron chi connectivity index (χ2n) is 4.53. The predicted molar refractivity (Wildman–Crippen MR) is 82.9 cm³/mol. The number of carbonyl (C=O) groups excluding carboxylic acids is 1. The fourth-order valence-electron chi connectivity index (χ4n) is 1.93. The van der Waals surface area contributed by atoms with Crippen LogP contribution in [0.25, 0.3) is 0 Å². The van der Waals surface area contributed by atoms with Crippen LogP contribution >= 0.6 is 11.6 Å². The number of anilines is 1. The van der Waals surface area contributed by atoms with E-state index in [0.29, 0.717) is 5.02 Å². The van der Waals surface area contributed by atoms with Crippen LogP contribution in [0.1, 0.15) is 18.5 Å². The highest BCUT2D eigenvalue weighted by atomic mass is 35.5. The van der Waals surface area contributed by atoms with Crippen LogP contribution < -0.4 is 10.6 Å². The van der Waals surface area contributed by atoms with Crippen LogP contribution in [0.15, 0.2) is 54.6 Å². The van der Waals surface area contributed by atoms with Gasteiger partial charge in [-0.2, -0.15) is 0 Å². The fraction of sp³-hybridized carbons (Fsp3) is 0.188. The van der Waals surface area contributed by atoms with Crippen LogP contribution in [0, 0.1) is 0 Å². The van der Waals surface area contributed by atoms with Crippen LogP contribution in [0.5, 0.6) is 0 Å². The quantitative estimate of drug-likeness (QED) is 0.882. The number of amides is 1. The van der Waals surface area contributed by atoms with Gasteiger partial charge >= 0.3 is 0 Å². The Morgan fingerprint density at radius 1 is 1.10 bits per heavy atom. The molecule has 0 spiro atoms. The standard InChI is InChI=1S/C16H17ClN2O/c1-12(14-9-5-6-10-15(14)17)19-16(20)11-18-13-7-3-2-4-8-13/h2-10,12,18H,11H2,1H3,(H,19,20). The van der Waals surface area contributed by atoms with Gasteiger partial charge in [0.05, 0.1) is 12.6 Å². The van der Waals surface area contributed by atoms with Gasteiger partial charge in [-0.15, -0.1) is 0 Å². The molecule has 0 bridgehead atoms. The average molecular weight is 289 g/mol. The molecule has 0 saturated carbocycles. The van der Waals surface area contributed by atoms with Gasteiger partial charge in [-0.3, -0.25) is 4.79 Å². The summed E-state index contributed by atoms with van der Waals surface area (Å²) in [6.45, 7) is 2.15. The lowest BCUT2D eigenvalue weighted by Crippen LogP contribution is -2.32. The Morgan fingerprint density at radius 2 is 1.75 bits per heavy atom. The van der Waals surface area contributed by atoms with Crippen molar-refractivity contribution in [2.24, 2.45) is 0 Å². The van der Waals surface area contributed by atoms with Crippen molar-refractivity contribution in [3.05, 3.63) is 65.2 Å². The Labute approximate surface area is 124 Å². The van der Waals surface area contributed by atoms with Crippen LogP contribution in [0.4, 0.5) is 5.69 Å². The van der Waals surface area contributed by atoms with Crippen LogP contribution in [0.3, 0.4) is 0 Å². The number of hydrogen-bond donors (Lipinski definition) is 2. The SMILES string of the molecule is CC(NC(=O)CNc1ccccc1)c1ccccc1Cl. The summed E-state index contributed by atoms with van der Waals surface area (Å²) >= 11 is 6.11. The summed E-state index contributed by atoms with van der Waals surface area (Å²) in [4.78, 5) is 11.9. The molecule has 20 heavy (non-hydrogen) atoms. The lowest BCUT2D eigenvalue weighted by atomic mass is 10.1. The normalized spacial score (nSPS) is 11.7. The zero-order valence-corrected chi connectivity index (χ0v) is 12.0. The van der Waals surface area contributed by atoms with Gasteiger partial charge in [0, 0.05) is 10.7 Å². The average Bonchev–Trinajstić information content (AvgIpc) is 2.46. The van der Waals surface area contributed by atoms with Gasteiger partial charge in [0.25, 0.3) is 0 Å². The first-order valence-electron chi connectivity index (χ1n) is 6.49. The van der Waals surface area contributed by atoms with Crippen LogP contribution in [0.2, 0.25) is 5.02 Å². The first-order valence-corrected chi connectivity index (χ1v) is 6.87. The Hall–Kier alpha value is -2.00. The van der Waals surface area contributed by atoms with Crippen molar-refractivity contribution < 1.29 is 4.79 Å². The van der Waals surface area contributed by atoms with Gasteiger partial charge in [0.1, 0.15) is 0 Å². The first kappa shape index (κ1) is 14.4. The molecular formula is C16H17ClN2O. The maximum atomic E-state index is 11.9. The van der Waals surface area contributed by atoms with Gasteiger partial charge in [-0.05, 0) is 30.7 Å². The maximum absolute atomic E-state index is 11.9. The molecule has 0 aromatic heterocycles. The molecule has 1 unspecified atom stereocenters. The third-order valence-electron chi connectivity index (χ3n) is 2.98. The van der Waals surface area contributed by atoms with Crippen molar-refractivity contribution in [3.63, 3.8) is 0 Å². The monoisotopic (exact) mass is 288 g/mol. The summed E-state index contributed by atoms with van der Waals surface area (Å²) in [5.74, 6) is -0.0683. The molecule has 0 heterocycles. The molecular weight excluding hydrogens is 272 g/mol. The minimum absolute atomic E-state index is 0.0683. The Kier molecular flexibility index (Phi) is 5.02. The van der Waals surface area contributed by atoms with Gasteiger partial charge in [-0.25, -0.2) is 0 Å². The summed E-state index contributed by atoms with van der Waals surface area (Å²) in [5, 5.41) is 6.66. The Morgan fingerprint density at radius 3 is 2.45 bits per heavy atom. The summed E-state index contributed by atoms with van der Waals surface area (Å²) in [6.07, 6.45) is 0. The van der Waals surface area contributed by atoms with Gasteiger partial charge in [0.2, 0.25) is 5.91 Å². The van der Waals surface area contributed by atoms with Gasteiger partial charge in [0.15, 0.2) is 0 Å². The minimum Gasteiger partial charge on any atom is -0.376 e. The third kappa shape index (κ3) is 4.00. The molecule has 2 aromatic carbocycles. The Bertz CT molecular complexity index is 572. The van der Waals surface area contributed by atoms with Crippen molar-refractivity contribution >= 4 is 23.2 Å². The molecule has 2 rings (SSSR count). The van der Waals surface area contributed by atoms with E-state index in [0.717, 1.165) is 11.3 Å². The molecule has 3 nitrogen and oxygen atoms in total. The van der Waals surface area contributed by atoms with Crippen molar-refractivity contribution in [2.45, 2.75) is 13.0 Å². The van der Waals surface area contributed by atoms with E-state index < -0.39 is 0 Å². The number of nitrogens with one attached hydrogen (secondary N) is 2. The molecule has 1 amide bonds. The Balaban J connectivity index is 1.87. The van der Waals surface area contributed by atoms with E-state index in [1.807, 2.05) is 61.5 Å². The van der Waals surface area contributed by atoms with E-state index in [9.17, 15) is 4.79 Å². The molecule has 1 atom stereocenters. The number of benzene rings is 2. The molecule has 4 heteroatoms. The molecule has 2 N–H and O–H groups in total. The van der Waals surface area contributed by atoms with Crippen molar-refractivity contribution in [3.8, 4) is 0 Å². The number of halogens is 1. The molecule has 104 valence electrons. The topological polar surface area (TPSA) is 41.1 Å². The smallest absolute Gasteiger partial charge is 0.239 e. The first-order chi connectivity index (χ1) is 9.66. The summed E-state index contributed by atoms with van der Waals surface area (Å²) < 4.78 is 0. The minimum atomic E-state index is -0.117. The highest BCUT2D eigenvalue weighted by Gasteiger charge is 2.11. The third-order valence-corrected chi connectivity index (χ3v) is 3.32. The van der Waals surface area contributed by atoms with E-state index in [4.69, 9.17) is 11.6 Å². The molecule has 0 radical (unpaired) electrons. The molecule has 0 aliphatic rings. The number of para-hydroxylation sites is 1. The zero-order valence-electron chi connectivity index (χ0n) is 11.3. The molecule has 2 aromatic rings. The van der Waals surface area contributed by atoms with Crippen LogP contribution in [-0.4, -0.2) is 12.5 Å². The summed E-state index contributed by atoms with van der Waals surface area (Å²) in [6, 6.07) is 17.0. The highest BCUT2D eigenvalue weighted by molar-refractivity contribution is 6.31. The van der Waals surface area contributed by atoms with Crippen molar-refractivity contribution in [1.82, 2.24) is 5.32 Å². The largest absolute Gasteiger partial charge is 0.376 e. The molecule has 0 saturated heterocycles. The van der Waals surface area contributed by atoms with Crippen molar-refractivity contribution in [1.29, 1.82) is 0 Å². The molecule has 0 fully saturated rings. The maximum Gasteiger partial charge on any atom is 0.239 e. The fourth-order valence-corrected chi connectivity index (χ4v) is 2.23. The van der Waals surface area contributed by atoms with E-state index in [1.54, 1.807) is 0 Å². The lowest BCUT2D eigenvalue weighted by Gasteiger charge is -2.16. The second-order valence-corrected chi connectivity index (χ2v) is 4.94. The number of rotatable bonds is 5. The van der Waals surface area contributed by atoms with E-state index in [1.165, 1.54) is 0 Å². The highest BCUT2D eigenvalue weighted by Crippen LogP contribution is 2.21. The van der Waals surface area contributed by atoms with Crippen LogP contribution in [-0.2, 0) is 4.79 Å². The predicted octanol–water partition coefficient (Wildman–Crippen LogP) is 3.63. The van der Waals surface area contributed by atoms with Gasteiger partial charge in [-0.1, -0.05) is 48.0 Å². The van der Waals surface area contributed by atoms with E-state index in [2.05, 4.69) is 10.6 Å². The lowest BCUT2D eigenvalue weighted by molar-refractivity contribution is -0.120.